The molecule has 0 aromatic heterocycles. The van der Waals surface area contributed by atoms with E-state index >= 15 is 0 Å². The molecule has 2 amide bonds. The third kappa shape index (κ3) is 2.59. The fraction of sp³-hybridized carbons (Fsp3) is 0.500. The minimum absolute atomic E-state index is 0.167. The maximum atomic E-state index is 11.7. The first-order chi connectivity index (χ1) is 9.08. The monoisotopic (exact) mass is 262 g/mol. The molecule has 0 spiro atoms. The van der Waals surface area contributed by atoms with Crippen molar-refractivity contribution in [2.75, 3.05) is 5.32 Å². The van der Waals surface area contributed by atoms with Crippen molar-refractivity contribution in [1.29, 1.82) is 0 Å². The van der Waals surface area contributed by atoms with Crippen LogP contribution in [0.15, 0.2) is 18.2 Å². The number of hydrogen-bond donors (Lipinski definition) is 2. The minimum atomic E-state index is -0.600. The number of hydrogen-bond acceptors (Lipinski definition) is 3. The van der Waals surface area contributed by atoms with Gasteiger partial charge in [-0.2, -0.15) is 0 Å². The van der Waals surface area contributed by atoms with Crippen LogP contribution >= 0.6 is 0 Å². The van der Waals surface area contributed by atoms with Gasteiger partial charge < -0.3 is 20.1 Å². The van der Waals surface area contributed by atoms with E-state index in [0.29, 0.717) is 17.5 Å². The molecular weight excluding hydrogens is 244 g/mol. The summed E-state index contributed by atoms with van der Waals surface area (Å²) in [6.07, 6.45) is 2.90. The van der Waals surface area contributed by atoms with Crippen molar-refractivity contribution in [3.05, 3.63) is 18.2 Å². The molecular formula is C14H18N2O3. The molecule has 5 nitrogen and oxygen atoms in total. The van der Waals surface area contributed by atoms with Gasteiger partial charge >= 0.3 is 6.03 Å². The number of carbonyl (C=O) groups excluding carboxylic acids is 1. The molecule has 1 saturated carbocycles. The van der Waals surface area contributed by atoms with Gasteiger partial charge in [0.05, 0.1) is 0 Å². The zero-order chi connectivity index (χ0) is 13.5. The van der Waals surface area contributed by atoms with E-state index < -0.39 is 5.79 Å². The number of urea groups is 1. The summed E-state index contributed by atoms with van der Waals surface area (Å²) in [5.74, 6) is 0.795. The standard InChI is InChI=1S/C14H18N2O3/c1-3-14(2)18-11-7-6-10(8-12(11)19-14)16-13(17)15-9-4-5-9/h6-9H,3-5H2,1-2H3,(H2,15,16,17)/t14-/m1/s1. The van der Waals surface area contributed by atoms with Crippen LogP contribution in [0.4, 0.5) is 10.5 Å². The van der Waals surface area contributed by atoms with Gasteiger partial charge in [-0.1, -0.05) is 6.92 Å². The van der Waals surface area contributed by atoms with Gasteiger partial charge in [0.25, 0.3) is 0 Å². The molecule has 2 aliphatic rings. The van der Waals surface area contributed by atoms with Crippen LogP contribution in [0.1, 0.15) is 33.1 Å². The molecule has 1 aliphatic heterocycles. The molecule has 1 heterocycles. The van der Waals surface area contributed by atoms with Crippen molar-refractivity contribution in [3.8, 4) is 11.5 Å². The van der Waals surface area contributed by atoms with Crippen LogP contribution in [0.5, 0.6) is 11.5 Å². The number of benzene rings is 1. The summed E-state index contributed by atoms with van der Waals surface area (Å²) in [4.78, 5) is 11.7. The van der Waals surface area contributed by atoms with Crippen molar-refractivity contribution < 1.29 is 14.3 Å². The highest BCUT2D eigenvalue weighted by Gasteiger charge is 2.35. The van der Waals surface area contributed by atoms with E-state index in [1.807, 2.05) is 26.0 Å². The van der Waals surface area contributed by atoms with Gasteiger partial charge in [-0.15, -0.1) is 0 Å². The topological polar surface area (TPSA) is 59.6 Å². The lowest BCUT2D eigenvalue weighted by Gasteiger charge is -2.20. The van der Waals surface area contributed by atoms with Gasteiger partial charge in [0.2, 0.25) is 5.79 Å². The van der Waals surface area contributed by atoms with Crippen molar-refractivity contribution in [2.45, 2.75) is 44.9 Å². The van der Waals surface area contributed by atoms with Gasteiger partial charge in [-0.3, -0.25) is 0 Å². The maximum Gasteiger partial charge on any atom is 0.319 e. The summed E-state index contributed by atoms with van der Waals surface area (Å²) in [6.45, 7) is 3.91. The van der Waals surface area contributed by atoms with E-state index in [2.05, 4.69) is 10.6 Å². The Hall–Kier alpha value is -1.91. The Kier molecular flexibility index (Phi) is 2.77. The van der Waals surface area contributed by atoms with Crippen LogP contribution in [0, 0.1) is 0 Å². The number of amides is 2. The summed E-state index contributed by atoms with van der Waals surface area (Å²) in [5.41, 5.74) is 0.709. The third-order valence-electron chi connectivity index (χ3n) is 3.41. The minimum Gasteiger partial charge on any atom is -0.449 e. The maximum absolute atomic E-state index is 11.7. The molecule has 0 radical (unpaired) electrons. The van der Waals surface area contributed by atoms with Crippen LogP contribution in [-0.4, -0.2) is 17.9 Å². The molecule has 1 aromatic rings. The lowest BCUT2D eigenvalue weighted by atomic mass is 10.2. The Balaban J connectivity index is 1.69. The van der Waals surface area contributed by atoms with Crippen molar-refractivity contribution in [1.82, 2.24) is 5.32 Å². The number of anilines is 1. The molecule has 102 valence electrons. The lowest BCUT2D eigenvalue weighted by Crippen LogP contribution is -2.33. The second kappa shape index (κ2) is 4.33. The number of ether oxygens (including phenoxy) is 2. The average molecular weight is 262 g/mol. The highest BCUT2D eigenvalue weighted by Crippen LogP contribution is 2.41. The molecule has 5 heteroatoms. The predicted octanol–water partition coefficient (Wildman–Crippen LogP) is 2.87. The average Bonchev–Trinajstić information content (AvgIpc) is 3.09. The second-order valence-corrected chi connectivity index (χ2v) is 5.23. The molecule has 0 bridgehead atoms. The van der Waals surface area contributed by atoms with Crippen LogP contribution in [0.2, 0.25) is 0 Å². The number of fused-ring (bicyclic) bond motifs is 1. The molecule has 1 aliphatic carbocycles. The van der Waals surface area contributed by atoms with E-state index in [4.69, 9.17) is 9.47 Å². The smallest absolute Gasteiger partial charge is 0.319 e. The lowest BCUT2D eigenvalue weighted by molar-refractivity contribution is -0.0640. The summed E-state index contributed by atoms with van der Waals surface area (Å²) in [7, 11) is 0. The first kappa shape index (κ1) is 12.1. The van der Waals surface area contributed by atoms with Crippen LogP contribution in [0.3, 0.4) is 0 Å². The molecule has 0 saturated heterocycles. The van der Waals surface area contributed by atoms with E-state index in [0.717, 1.165) is 25.0 Å². The normalized spacial score (nSPS) is 24.1. The molecule has 2 N–H and O–H groups in total. The molecule has 1 fully saturated rings. The van der Waals surface area contributed by atoms with Gasteiger partial charge in [0.15, 0.2) is 11.5 Å². The quantitative estimate of drug-likeness (QED) is 0.880. The fourth-order valence-electron chi connectivity index (χ4n) is 1.96. The van der Waals surface area contributed by atoms with E-state index in [1.54, 1.807) is 6.07 Å². The highest BCUT2D eigenvalue weighted by molar-refractivity contribution is 5.90. The van der Waals surface area contributed by atoms with Gasteiger partial charge in [-0.25, -0.2) is 4.79 Å². The largest absolute Gasteiger partial charge is 0.449 e. The van der Waals surface area contributed by atoms with Crippen LogP contribution in [0.25, 0.3) is 0 Å². The Bertz CT molecular complexity index is 513. The zero-order valence-corrected chi connectivity index (χ0v) is 11.2. The van der Waals surface area contributed by atoms with E-state index in [1.165, 1.54) is 0 Å². The van der Waals surface area contributed by atoms with Crippen molar-refractivity contribution in [3.63, 3.8) is 0 Å². The third-order valence-corrected chi connectivity index (χ3v) is 3.41. The Morgan fingerprint density at radius 1 is 1.37 bits per heavy atom. The van der Waals surface area contributed by atoms with Crippen molar-refractivity contribution >= 4 is 11.7 Å². The summed E-state index contributed by atoms with van der Waals surface area (Å²) in [5, 5.41) is 5.68. The Morgan fingerprint density at radius 3 is 2.79 bits per heavy atom. The second-order valence-electron chi connectivity index (χ2n) is 5.23. The molecule has 0 unspecified atom stereocenters. The first-order valence-corrected chi connectivity index (χ1v) is 6.67. The highest BCUT2D eigenvalue weighted by atomic mass is 16.7. The van der Waals surface area contributed by atoms with Gasteiger partial charge in [-0.05, 0) is 25.0 Å². The van der Waals surface area contributed by atoms with Crippen LogP contribution in [-0.2, 0) is 0 Å². The first-order valence-electron chi connectivity index (χ1n) is 6.67. The fourth-order valence-corrected chi connectivity index (χ4v) is 1.96. The van der Waals surface area contributed by atoms with Gasteiger partial charge in [0, 0.05) is 31.1 Å². The molecule has 1 aromatic carbocycles. The van der Waals surface area contributed by atoms with E-state index in [-0.39, 0.29) is 6.03 Å². The zero-order valence-electron chi connectivity index (χ0n) is 11.2. The Labute approximate surface area is 112 Å². The molecule has 1 atom stereocenters. The Morgan fingerprint density at radius 2 is 2.11 bits per heavy atom. The summed E-state index contributed by atoms with van der Waals surface area (Å²) >= 11 is 0. The summed E-state index contributed by atoms with van der Waals surface area (Å²) < 4.78 is 11.5. The number of nitrogens with one attached hydrogen (secondary N) is 2. The van der Waals surface area contributed by atoms with Gasteiger partial charge in [0.1, 0.15) is 0 Å². The number of carbonyl (C=O) groups is 1. The molecule has 19 heavy (non-hydrogen) atoms. The SMILES string of the molecule is CC[C@]1(C)Oc2ccc(NC(=O)NC3CC3)cc2O1. The van der Waals surface area contributed by atoms with Crippen molar-refractivity contribution in [2.24, 2.45) is 0 Å². The molecule has 3 rings (SSSR count). The number of rotatable bonds is 3. The van der Waals surface area contributed by atoms with Crippen LogP contribution < -0.4 is 20.1 Å². The van der Waals surface area contributed by atoms with E-state index in [9.17, 15) is 4.79 Å². The summed E-state index contributed by atoms with van der Waals surface area (Å²) in [6, 6.07) is 5.61. The predicted molar refractivity (Wildman–Crippen MR) is 71.6 cm³/mol.